The molecule has 378 valence electrons. The molecule has 0 amide bonds. The molecule has 4 saturated carbocycles. The van der Waals surface area contributed by atoms with Gasteiger partial charge in [-0.25, -0.2) is 4.79 Å². The lowest BCUT2D eigenvalue weighted by Gasteiger charge is -2.72. The molecule has 8 aliphatic rings. The summed E-state index contributed by atoms with van der Waals surface area (Å²) in [7, 11) is 0. The Morgan fingerprint density at radius 1 is 0.667 bits per heavy atom. The van der Waals surface area contributed by atoms with Crippen LogP contribution in [0.2, 0.25) is 0 Å². The van der Waals surface area contributed by atoms with E-state index in [0.717, 1.165) is 44.9 Å². The number of hydrogen-bond donors (Lipinski definition) is 11. The van der Waals surface area contributed by atoms with E-state index >= 15 is 0 Å². The van der Waals surface area contributed by atoms with E-state index in [2.05, 4.69) is 47.6 Å². The van der Waals surface area contributed by atoms with Crippen LogP contribution in [-0.2, 0) is 33.2 Å². The van der Waals surface area contributed by atoms with E-state index in [1.54, 1.807) is 0 Å². The topological polar surface area (TPSA) is 295 Å². The van der Waals surface area contributed by atoms with Crippen LogP contribution in [0.25, 0.3) is 0 Å². The van der Waals surface area contributed by atoms with E-state index in [-0.39, 0.29) is 57.5 Å². The second-order valence-corrected chi connectivity index (χ2v) is 23.6. The summed E-state index contributed by atoms with van der Waals surface area (Å²) >= 11 is 0. The van der Waals surface area contributed by atoms with E-state index in [1.807, 2.05) is 6.92 Å². The van der Waals surface area contributed by atoms with E-state index in [0.29, 0.717) is 12.8 Å². The second kappa shape index (κ2) is 17.7. The van der Waals surface area contributed by atoms with Crippen molar-refractivity contribution in [2.24, 2.45) is 50.2 Å². The van der Waals surface area contributed by atoms with Crippen LogP contribution in [0, 0.1) is 50.2 Å². The predicted molar refractivity (Wildman–Crippen MR) is 231 cm³/mol. The molecule has 0 radical (unpaired) electrons. The standard InChI is InChI=1S/C48H78O18/c1-21-29(52)31(54)35(58)40(61-21)65-37-32(55)30(53)24(19-49)62-41(37)66-38-34(57)33(56)36(39(59)60)64-42(38)63-28-12-13-45(5)25(46(28,6)20-50)11-14-48(8)26(45)10-9-22-23-17-43(2,3)18-27(51)44(23,4)15-16-47(22,48)7/h9,21,23-38,40-42,49-58H,10-20H2,1-8H3,(H,59,60)/t21-,23-,24+,25+,26+,27+,28-,29-,30-,31+,32-,33-,34-,35+,36-,37+,38+,40-,41-,42+,44+,45-,46+,47+,48+/m0/s1. The van der Waals surface area contributed by atoms with Crippen molar-refractivity contribution in [1.29, 1.82) is 0 Å². The summed E-state index contributed by atoms with van der Waals surface area (Å²) in [5, 5.41) is 120. The Morgan fingerprint density at radius 2 is 1.30 bits per heavy atom. The zero-order valence-corrected chi connectivity index (χ0v) is 39.7. The zero-order valence-electron chi connectivity index (χ0n) is 39.7. The lowest BCUT2D eigenvalue weighted by molar-refractivity contribution is -0.396. The number of hydrogen-bond acceptors (Lipinski definition) is 17. The first kappa shape index (κ1) is 50.9. The zero-order chi connectivity index (χ0) is 48.4. The molecular weight excluding hydrogens is 865 g/mol. The number of carboxylic acids is 1. The molecule has 66 heavy (non-hydrogen) atoms. The van der Waals surface area contributed by atoms with Gasteiger partial charge in [-0.15, -0.1) is 0 Å². The second-order valence-electron chi connectivity index (χ2n) is 23.6. The van der Waals surface area contributed by atoms with Crippen LogP contribution in [0.15, 0.2) is 11.6 Å². The highest BCUT2D eigenvalue weighted by Crippen LogP contribution is 2.76. The molecule has 0 aromatic heterocycles. The maximum absolute atomic E-state index is 12.5. The summed E-state index contributed by atoms with van der Waals surface area (Å²) in [5.74, 6) is -1.16. The summed E-state index contributed by atoms with van der Waals surface area (Å²) in [5.41, 5.74) is -0.0545. The van der Waals surface area contributed by atoms with Gasteiger partial charge in [-0.1, -0.05) is 60.1 Å². The van der Waals surface area contributed by atoms with Gasteiger partial charge in [-0.2, -0.15) is 0 Å². The molecule has 5 aliphatic carbocycles. The molecular formula is C48H78O18. The number of carboxylic acid groups (broad SMARTS) is 1. The van der Waals surface area contributed by atoms with E-state index < -0.39 is 116 Å². The molecule has 0 bridgehead atoms. The highest BCUT2D eigenvalue weighted by molar-refractivity contribution is 5.73. The van der Waals surface area contributed by atoms with Gasteiger partial charge in [0.05, 0.1) is 31.5 Å². The number of ether oxygens (including phenoxy) is 6. The molecule has 0 aromatic carbocycles. The summed E-state index contributed by atoms with van der Waals surface area (Å²) < 4.78 is 36.2. The third-order valence-corrected chi connectivity index (χ3v) is 19.5. The van der Waals surface area contributed by atoms with Gasteiger partial charge in [0.25, 0.3) is 0 Å². The minimum atomic E-state index is -2.07. The highest BCUT2D eigenvalue weighted by atomic mass is 16.8. The molecule has 18 heteroatoms. The summed E-state index contributed by atoms with van der Waals surface area (Å²) in [6, 6.07) is 0. The Balaban J connectivity index is 1.08. The molecule has 25 atom stereocenters. The van der Waals surface area contributed by atoms with Crippen LogP contribution in [0.1, 0.15) is 113 Å². The number of aliphatic hydroxyl groups excluding tert-OH is 10. The minimum absolute atomic E-state index is 0.0166. The Hall–Kier alpha value is -1.43. The first-order valence-corrected chi connectivity index (χ1v) is 24.3. The third-order valence-electron chi connectivity index (χ3n) is 19.5. The number of rotatable bonds is 9. The van der Waals surface area contributed by atoms with Gasteiger partial charge in [0.1, 0.15) is 61.0 Å². The largest absolute Gasteiger partial charge is 0.479 e. The van der Waals surface area contributed by atoms with Crippen molar-refractivity contribution in [3.8, 4) is 0 Å². The average Bonchev–Trinajstić information content (AvgIpc) is 3.25. The number of allylic oxidation sites excluding steroid dienone is 2. The van der Waals surface area contributed by atoms with Crippen molar-refractivity contribution < 1.29 is 89.4 Å². The van der Waals surface area contributed by atoms with Gasteiger partial charge in [-0.3, -0.25) is 0 Å². The molecule has 8 rings (SSSR count). The molecule has 3 aliphatic heterocycles. The van der Waals surface area contributed by atoms with E-state index in [9.17, 15) is 61.0 Å². The van der Waals surface area contributed by atoms with Crippen molar-refractivity contribution in [3.05, 3.63) is 11.6 Å². The van der Waals surface area contributed by atoms with Gasteiger partial charge in [-0.05, 0) is 104 Å². The van der Waals surface area contributed by atoms with Gasteiger partial charge >= 0.3 is 5.97 Å². The molecule has 11 N–H and O–H groups in total. The van der Waals surface area contributed by atoms with E-state index in [4.69, 9.17) is 28.4 Å². The molecule has 3 saturated heterocycles. The first-order valence-electron chi connectivity index (χ1n) is 24.3. The Labute approximate surface area is 387 Å². The highest BCUT2D eigenvalue weighted by Gasteiger charge is 2.70. The smallest absolute Gasteiger partial charge is 0.335 e. The van der Waals surface area contributed by atoms with Crippen LogP contribution in [0.5, 0.6) is 0 Å². The number of fused-ring (bicyclic) bond motifs is 7. The summed E-state index contributed by atoms with van der Waals surface area (Å²) in [6.07, 6.45) is -17.6. The van der Waals surface area contributed by atoms with Crippen molar-refractivity contribution in [1.82, 2.24) is 0 Å². The summed E-state index contributed by atoms with van der Waals surface area (Å²) in [4.78, 5) is 12.5. The van der Waals surface area contributed by atoms with Crippen LogP contribution in [0.4, 0.5) is 0 Å². The van der Waals surface area contributed by atoms with Gasteiger partial charge in [0.15, 0.2) is 25.0 Å². The van der Waals surface area contributed by atoms with Crippen molar-refractivity contribution in [2.75, 3.05) is 13.2 Å². The van der Waals surface area contributed by atoms with Crippen LogP contribution in [-0.4, -0.2) is 180 Å². The SMILES string of the molecule is C[C@@H]1O[C@@H](O[C@H]2[C@H](O[C@H]3[C@H](O[C@H]4CC[C@@]5(C)[C@@H](CC[C@]6(C)[C@@H]5CC=C5[C@@H]7CC(C)(C)C[C@@H](O)[C@]7(C)CC[C@]56C)[C@@]4(C)CO)O[C@H](C(=O)O)[C@@H](O)[C@@H]3O)O[C@H](CO)[C@H](O)[C@@H]2O)[C@H](O)[C@H](O)[C@H]1O. The molecule has 0 spiro atoms. The fraction of sp³-hybridized carbons (Fsp3) is 0.938. The Morgan fingerprint density at radius 3 is 1.94 bits per heavy atom. The fourth-order valence-electron chi connectivity index (χ4n) is 15.1. The lowest BCUT2D eigenvalue weighted by atomic mass is 9.33. The first-order chi connectivity index (χ1) is 30.7. The molecule has 0 unspecified atom stereocenters. The van der Waals surface area contributed by atoms with Crippen molar-refractivity contribution >= 4 is 5.97 Å². The fourth-order valence-corrected chi connectivity index (χ4v) is 15.1. The molecule has 0 aromatic rings. The lowest BCUT2D eigenvalue weighted by Crippen LogP contribution is -2.68. The molecule has 3 heterocycles. The van der Waals surface area contributed by atoms with Crippen molar-refractivity contribution in [2.45, 2.75) is 218 Å². The third kappa shape index (κ3) is 7.78. The monoisotopic (exact) mass is 943 g/mol. The van der Waals surface area contributed by atoms with Crippen LogP contribution in [0.3, 0.4) is 0 Å². The summed E-state index contributed by atoms with van der Waals surface area (Å²) in [6.45, 7) is 16.3. The van der Waals surface area contributed by atoms with Crippen molar-refractivity contribution in [3.63, 3.8) is 0 Å². The maximum atomic E-state index is 12.5. The number of carbonyl (C=O) groups is 1. The van der Waals surface area contributed by atoms with Crippen LogP contribution < -0.4 is 0 Å². The average molecular weight is 943 g/mol. The predicted octanol–water partition coefficient (Wildman–Crippen LogP) is 0.705. The number of aliphatic carboxylic acids is 1. The quantitative estimate of drug-likeness (QED) is 0.112. The maximum Gasteiger partial charge on any atom is 0.335 e. The van der Waals surface area contributed by atoms with E-state index in [1.165, 1.54) is 12.5 Å². The minimum Gasteiger partial charge on any atom is -0.479 e. The molecule has 18 nitrogen and oxygen atoms in total. The normalized spacial score (nSPS) is 55.9. The van der Waals surface area contributed by atoms with Gasteiger partial charge in [0.2, 0.25) is 0 Å². The Bertz CT molecular complexity index is 1820. The van der Waals surface area contributed by atoms with Gasteiger partial charge in [0, 0.05) is 10.8 Å². The number of aliphatic hydroxyl groups is 10. The Kier molecular flexibility index (Phi) is 13.7. The van der Waals surface area contributed by atoms with Crippen LogP contribution >= 0.6 is 0 Å². The molecule has 7 fully saturated rings. The van der Waals surface area contributed by atoms with Gasteiger partial charge < -0.3 is 84.6 Å².